The molecule has 5 nitrogen and oxygen atoms in total. The van der Waals surface area contributed by atoms with Crippen molar-refractivity contribution in [2.75, 3.05) is 13.1 Å². The van der Waals surface area contributed by atoms with E-state index in [4.69, 9.17) is 5.73 Å². The van der Waals surface area contributed by atoms with Crippen LogP contribution in [0.5, 0.6) is 0 Å². The first-order valence-corrected chi connectivity index (χ1v) is 8.03. The highest BCUT2D eigenvalue weighted by Gasteiger charge is 2.34. The third-order valence-corrected chi connectivity index (χ3v) is 4.44. The van der Waals surface area contributed by atoms with Gasteiger partial charge in [-0.3, -0.25) is 14.7 Å². The van der Waals surface area contributed by atoms with Gasteiger partial charge in [-0.15, -0.1) is 0 Å². The largest absolute Gasteiger partial charge is 0.388 e. The highest BCUT2D eigenvalue weighted by atomic mass is 16.3. The maximum Gasteiger partial charge on any atom is 0.220 e. The number of benzene rings is 1. The van der Waals surface area contributed by atoms with Crippen molar-refractivity contribution in [3.05, 3.63) is 41.6 Å². The van der Waals surface area contributed by atoms with E-state index < -0.39 is 11.5 Å². The van der Waals surface area contributed by atoms with E-state index in [-0.39, 0.29) is 6.42 Å². The van der Waals surface area contributed by atoms with Crippen molar-refractivity contribution < 1.29 is 9.90 Å². The van der Waals surface area contributed by atoms with E-state index in [0.717, 1.165) is 36.1 Å². The Morgan fingerprint density at radius 2 is 2.22 bits per heavy atom. The number of rotatable bonds is 4. The Hall–Kier alpha value is -1.98. The topological polar surface area (TPSA) is 79.5 Å². The molecule has 122 valence electrons. The van der Waals surface area contributed by atoms with Crippen LogP contribution in [-0.4, -0.2) is 39.6 Å². The van der Waals surface area contributed by atoms with Crippen LogP contribution in [0.1, 0.15) is 30.5 Å². The summed E-state index contributed by atoms with van der Waals surface area (Å²) in [5.41, 5.74) is 7.47. The smallest absolute Gasteiger partial charge is 0.220 e. The molecular formula is C18H23N3O2. The summed E-state index contributed by atoms with van der Waals surface area (Å²) in [6.45, 7) is 4.15. The Balaban J connectivity index is 1.73. The lowest BCUT2D eigenvalue weighted by molar-refractivity contribution is -0.125. The fourth-order valence-corrected chi connectivity index (χ4v) is 3.44. The van der Waals surface area contributed by atoms with Crippen molar-refractivity contribution in [1.29, 1.82) is 0 Å². The molecule has 1 aromatic carbocycles. The number of nitrogens with zero attached hydrogens (tertiary/aromatic N) is 2. The molecule has 1 fully saturated rings. The maximum atomic E-state index is 11.1. The van der Waals surface area contributed by atoms with Crippen LogP contribution in [0.15, 0.2) is 30.3 Å². The number of β-amino-alcohol motifs (C(OH)–C–C–N with tert-alkyl or cyclic N) is 1. The van der Waals surface area contributed by atoms with Crippen molar-refractivity contribution in [2.45, 2.75) is 38.3 Å². The second-order valence-electron chi connectivity index (χ2n) is 6.66. The summed E-state index contributed by atoms with van der Waals surface area (Å²) in [5, 5.41) is 11.7. The Labute approximate surface area is 136 Å². The van der Waals surface area contributed by atoms with Gasteiger partial charge in [0.05, 0.1) is 17.5 Å². The zero-order valence-electron chi connectivity index (χ0n) is 13.5. The molecule has 3 rings (SSSR count). The van der Waals surface area contributed by atoms with Gasteiger partial charge in [0.25, 0.3) is 0 Å². The molecule has 23 heavy (non-hydrogen) atoms. The fraction of sp³-hybridized carbons (Fsp3) is 0.444. The molecule has 1 aliphatic heterocycles. The van der Waals surface area contributed by atoms with Crippen LogP contribution >= 0.6 is 0 Å². The molecule has 3 N–H and O–H groups in total. The number of aliphatic hydroxyl groups is 1. The number of primary amides is 1. The van der Waals surface area contributed by atoms with E-state index in [0.29, 0.717) is 13.0 Å². The van der Waals surface area contributed by atoms with Gasteiger partial charge in [-0.25, -0.2) is 0 Å². The number of pyridine rings is 1. The number of carbonyl (C=O) groups excluding carboxylic acids is 1. The van der Waals surface area contributed by atoms with Crippen LogP contribution in [0.2, 0.25) is 0 Å². The predicted molar refractivity (Wildman–Crippen MR) is 89.8 cm³/mol. The molecule has 0 bridgehead atoms. The molecular weight excluding hydrogens is 290 g/mol. The van der Waals surface area contributed by atoms with Crippen molar-refractivity contribution in [3.8, 4) is 0 Å². The monoisotopic (exact) mass is 313 g/mol. The van der Waals surface area contributed by atoms with Crippen LogP contribution < -0.4 is 5.73 Å². The molecule has 1 amide bonds. The van der Waals surface area contributed by atoms with E-state index in [2.05, 4.69) is 28.1 Å². The van der Waals surface area contributed by atoms with Gasteiger partial charge >= 0.3 is 0 Å². The van der Waals surface area contributed by atoms with Gasteiger partial charge < -0.3 is 10.8 Å². The van der Waals surface area contributed by atoms with E-state index in [1.54, 1.807) is 0 Å². The molecule has 5 heteroatoms. The van der Waals surface area contributed by atoms with Gasteiger partial charge in [-0.1, -0.05) is 12.1 Å². The molecule has 1 aliphatic rings. The van der Waals surface area contributed by atoms with Crippen LogP contribution in [0.3, 0.4) is 0 Å². The molecule has 0 saturated carbocycles. The van der Waals surface area contributed by atoms with Gasteiger partial charge in [-0.2, -0.15) is 0 Å². The molecule has 1 saturated heterocycles. The van der Waals surface area contributed by atoms with E-state index in [1.165, 1.54) is 5.56 Å². The number of fused-ring (bicyclic) bond motifs is 1. The molecule has 0 aliphatic carbocycles. The van der Waals surface area contributed by atoms with Crippen LogP contribution in [0.25, 0.3) is 10.9 Å². The number of hydrogen-bond donors (Lipinski definition) is 2. The number of aryl methyl sites for hydroxylation is 1. The summed E-state index contributed by atoms with van der Waals surface area (Å²) in [6, 6.07) is 10.4. The van der Waals surface area contributed by atoms with Gasteiger partial charge in [0.1, 0.15) is 0 Å². The molecule has 0 spiro atoms. The number of carbonyl (C=O) groups is 1. The molecule has 2 heterocycles. The van der Waals surface area contributed by atoms with Gasteiger partial charge in [0, 0.05) is 24.2 Å². The summed E-state index contributed by atoms with van der Waals surface area (Å²) in [4.78, 5) is 17.9. The van der Waals surface area contributed by atoms with Crippen LogP contribution in [0, 0.1) is 6.92 Å². The van der Waals surface area contributed by atoms with E-state index >= 15 is 0 Å². The number of piperidine rings is 1. The lowest BCUT2D eigenvalue weighted by Gasteiger charge is -2.38. The zero-order valence-corrected chi connectivity index (χ0v) is 13.5. The molecule has 1 unspecified atom stereocenters. The number of nitrogens with two attached hydrogens (primary N) is 1. The third-order valence-electron chi connectivity index (χ3n) is 4.44. The van der Waals surface area contributed by atoms with Crippen molar-refractivity contribution >= 4 is 16.8 Å². The first-order chi connectivity index (χ1) is 10.9. The second kappa shape index (κ2) is 6.26. The highest BCUT2D eigenvalue weighted by Crippen LogP contribution is 2.26. The van der Waals surface area contributed by atoms with Crippen LogP contribution in [0.4, 0.5) is 0 Å². The summed E-state index contributed by atoms with van der Waals surface area (Å²) in [5.74, 6) is -0.443. The number of aromatic nitrogens is 1. The predicted octanol–water partition coefficient (Wildman–Crippen LogP) is 1.75. The first-order valence-electron chi connectivity index (χ1n) is 8.03. The van der Waals surface area contributed by atoms with Crippen LogP contribution in [-0.2, 0) is 11.3 Å². The quantitative estimate of drug-likeness (QED) is 0.901. The minimum absolute atomic E-state index is 0.0322. The van der Waals surface area contributed by atoms with E-state index in [1.807, 2.05) is 19.1 Å². The highest BCUT2D eigenvalue weighted by molar-refractivity contribution is 5.79. The number of amides is 1. The summed E-state index contributed by atoms with van der Waals surface area (Å²) in [7, 11) is 0. The second-order valence-corrected chi connectivity index (χ2v) is 6.66. The van der Waals surface area contributed by atoms with Crippen molar-refractivity contribution in [2.24, 2.45) is 5.73 Å². The van der Waals surface area contributed by atoms with E-state index in [9.17, 15) is 9.90 Å². The minimum atomic E-state index is -0.987. The Morgan fingerprint density at radius 1 is 1.39 bits per heavy atom. The lowest BCUT2D eigenvalue weighted by atomic mass is 9.89. The van der Waals surface area contributed by atoms with Gasteiger partial charge in [-0.05, 0) is 50.1 Å². The lowest BCUT2D eigenvalue weighted by Crippen LogP contribution is -2.49. The van der Waals surface area contributed by atoms with Crippen molar-refractivity contribution in [1.82, 2.24) is 9.88 Å². The van der Waals surface area contributed by atoms with Gasteiger partial charge in [0.2, 0.25) is 5.91 Å². The number of hydrogen-bond acceptors (Lipinski definition) is 4. The SMILES string of the molecule is Cc1ccc2cc(CN3CCCC(O)(CC(N)=O)C3)ccc2n1. The molecule has 1 aromatic heterocycles. The number of likely N-dealkylation sites (tertiary alicyclic amines) is 1. The normalized spacial score (nSPS) is 22.3. The zero-order chi connectivity index (χ0) is 16.4. The molecule has 0 radical (unpaired) electrons. The fourth-order valence-electron chi connectivity index (χ4n) is 3.44. The summed E-state index contributed by atoms with van der Waals surface area (Å²) < 4.78 is 0. The molecule has 1 atom stereocenters. The van der Waals surface area contributed by atoms with Gasteiger partial charge in [0.15, 0.2) is 0 Å². The summed E-state index contributed by atoms with van der Waals surface area (Å²) >= 11 is 0. The average Bonchev–Trinajstić information content (AvgIpc) is 2.46. The first kappa shape index (κ1) is 15.9. The minimum Gasteiger partial charge on any atom is -0.388 e. The average molecular weight is 313 g/mol. The maximum absolute atomic E-state index is 11.1. The Bertz CT molecular complexity index is 731. The van der Waals surface area contributed by atoms with Crippen molar-refractivity contribution in [3.63, 3.8) is 0 Å². The summed E-state index contributed by atoms with van der Waals surface area (Å²) in [6.07, 6.45) is 1.54. The third kappa shape index (κ3) is 3.86. The molecule has 2 aromatic rings. The Kier molecular flexibility index (Phi) is 4.33. The Morgan fingerprint density at radius 3 is 3.00 bits per heavy atom. The standard InChI is InChI=1S/C18H23N3O2/c1-13-3-5-15-9-14(4-6-16(15)20-13)11-21-8-2-7-18(23,12-21)10-17(19)22/h3-6,9,23H,2,7-8,10-12H2,1H3,(H2,19,22).